The summed E-state index contributed by atoms with van der Waals surface area (Å²) in [5.41, 5.74) is 8.34. The molecular formula is C10H15NS. The average Bonchev–Trinajstić information content (AvgIpc) is 2.47. The average molecular weight is 181 g/mol. The van der Waals surface area contributed by atoms with Crippen molar-refractivity contribution < 1.29 is 0 Å². The van der Waals surface area contributed by atoms with E-state index in [1.165, 1.54) is 31.2 Å². The molecule has 0 saturated carbocycles. The van der Waals surface area contributed by atoms with Crippen LogP contribution in [0.25, 0.3) is 0 Å². The molecule has 0 amide bonds. The van der Waals surface area contributed by atoms with Gasteiger partial charge in [0.2, 0.25) is 0 Å². The van der Waals surface area contributed by atoms with Crippen LogP contribution in [0.3, 0.4) is 0 Å². The van der Waals surface area contributed by atoms with E-state index in [4.69, 9.17) is 5.73 Å². The van der Waals surface area contributed by atoms with Crippen molar-refractivity contribution in [1.82, 2.24) is 0 Å². The lowest BCUT2D eigenvalue weighted by Gasteiger charge is -2.20. The fraction of sp³-hybridized carbons (Fsp3) is 0.600. The van der Waals surface area contributed by atoms with E-state index in [1.54, 1.807) is 4.88 Å². The van der Waals surface area contributed by atoms with Gasteiger partial charge in [0.25, 0.3) is 0 Å². The van der Waals surface area contributed by atoms with Gasteiger partial charge in [0.1, 0.15) is 0 Å². The summed E-state index contributed by atoms with van der Waals surface area (Å²) in [6.07, 6.45) is 5.14. The topological polar surface area (TPSA) is 26.0 Å². The Labute approximate surface area is 77.6 Å². The number of thiophene rings is 1. The van der Waals surface area contributed by atoms with Gasteiger partial charge in [-0.2, -0.15) is 0 Å². The summed E-state index contributed by atoms with van der Waals surface area (Å²) in [6.45, 7) is 2.28. The molecule has 0 aliphatic heterocycles. The fourth-order valence-electron chi connectivity index (χ4n) is 1.95. The van der Waals surface area contributed by atoms with Crippen LogP contribution in [-0.4, -0.2) is 0 Å². The Hall–Kier alpha value is -0.500. The van der Waals surface area contributed by atoms with Crippen LogP contribution in [0.4, 0.5) is 5.69 Å². The van der Waals surface area contributed by atoms with E-state index in [2.05, 4.69) is 12.3 Å². The van der Waals surface area contributed by atoms with Crippen LogP contribution < -0.4 is 5.73 Å². The second-order valence-corrected chi connectivity index (χ2v) is 4.57. The van der Waals surface area contributed by atoms with E-state index >= 15 is 0 Å². The van der Waals surface area contributed by atoms with Crippen LogP contribution in [0, 0.1) is 5.92 Å². The van der Waals surface area contributed by atoms with E-state index in [-0.39, 0.29) is 0 Å². The summed E-state index contributed by atoms with van der Waals surface area (Å²) in [7, 11) is 0. The maximum atomic E-state index is 5.86. The van der Waals surface area contributed by atoms with Crippen LogP contribution in [0.1, 0.15) is 30.2 Å². The van der Waals surface area contributed by atoms with E-state index in [1.807, 2.05) is 11.3 Å². The van der Waals surface area contributed by atoms with Gasteiger partial charge in [0, 0.05) is 15.9 Å². The van der Waals surface area contributed by atoms with Gasteiger partial charge >= 0.3 is 0 Å². The minimum Gasteiger partial charge on any atom is -0.398 e. The van der Waals surface area contributed by atoms with E-state index in [0.717, 1.165) is 11.6 Å². The molecule has 1 aromatic heterocycles. The van der Waals surface area contributed by atoms with Crippen LogP contribution >= 0.6 is 11.3 Å². The molecule has 0 fully saturated rings. The van der Waals surface area contributed by atoms with Gasteiger partial charge < -0.3 is 5.73 Å². The molecule has 1 aromatic rings. The van der Waals surface area contributed by atoms with Crippen molar-refractivity contribution in [2.75, 3.05) is 5.73 Å². The van der Waals surface area contributed by atoms with Crippen molar-refractivity contribution in [3.63, 3.8) is 0 Å². The molecule has 0 aromatic carbocycles. The Morgan fingerprint density at radius 3 is 3.25 bits per heavy atom. The molecule has 0 spiro atoms. The van der Waals surface area contributed by atoms with Crippen LogP contribution in [0.2, 0.25) is 0 Å². The van der Waals surface area contributed by atoms with Gasteiger partial charge in [0.15, 0.2) is 0 Å². The van der Waals surface area contributed by atoms with Crippen molar-refractivity contribution in [1.29, 1.82) is 0 Å². The van der Waals surface area contributed by atoms with Crippen LogP contribution in [0.15, 0.2) is 5.38 Å². The fourth-order valence-corrected chi connectivity index (χ4v) is 3.06. The molecule has 0 radical (unpaired) electrons. The predicted molar refractivity (Wildman–Crippen MR) is 54.5 cm³/mol. The second-order valence-electron chi connectivity index (χ2n) is 3.61. The van der Waals surface area contributed by atoms with E-state index < -0.39 is 0 Å². The number of rotatable bonds is 1. The Balaban J connectivity index is 2.24. The first-order valence-electron chi connectivity index (χ1n) is 4.66. The summed E-state index contributed by atoms with van der Waals surface area (Å²) in [4.78, 5) is 1.55. The molecule has 1 unspecified atom stereocenters. The monoisotopic (exact) mass is 181 g/mol. The normalized spacial score (nSPS) is 22.2. The van der Waals surface area contributed by atoms with Crippen LogP contribution in [-0.2, 0) is 12.8 Å². The first kappa shape index (κ1) is 8.11. The summed E-state index contributed by atoms with van der Waals surface area (Å²) >= 11 is 1.85. The highest BCUT2D eigenvalue weighted by Gasteiger charge is 2.20. The highest BCUT2D eigenvalue weighted by molar-refractivity contribution is 7.10. The Morgan fingerprint density at radius 1 is 1.67 bits per heavy atom. The third-order valence-corrected chi connectivity index (χ3v) is 3.94. The molecule has 2 heteroatoms. The van der Waals surface area contributed by atoms with E-state index in [9.17, 15) is 0 Å². The lowest BCUT2D eigenvalue weighted by Crippen LogP contribution is -2.11. The number of hydrogen-bond acceptors (Lipinski definition) is 2. The molecule has 0 saturated heterocycles. The van der Waals surface area contributed by atoms with Crippen molar-refractivity contribution in [3.05, 3.63) is 15.8 Å². The standard InChI is InChI=1S/C10H15NS/c1-2-7-3-4-8-9(11)6-12-10(8)5-7/h6-7H,2-5,11H2,1H3. The first-order valence-corrected chi connectivity index (χ1v) is 5.54. The molecule has 66 valence electrons. The van der Waals surface area contributed by atoms with Gasteiger partial charge in [-0.3, -0.25) is 0 Å². The Morgan fingerprint density at radius 2 is 2.50 bits per heavy atom. The maximum absolute atomic E-state index is 5.86. The molecule has 0 bridgehead atoms. The van der Waals surface area contributed by atoms with Gasteiger partial charge in [-0.25, -0.2) is 0 Å². The van der Waals surface area contributed by atoms with Crippen LogP contribution in [0.5, 0.6) is 0 Å². The molecule has 1 heterocycles. The predicted octanol–water partition coefficient (Wildman–Crippen LogP) is 2.85. The van der Waals surface area contributed by atoms with Crippen molar-refractivity contribution in [3.8, 4) is 0 Å². The molecule has 2 N–H and O–H groups in total. The number of nitrogens with two attached hydrogens (primary N) is 1. The third kappa shape index (κ3) is 1.24. The lowest BCUT2D eigenvalue weighted by atomic mass is 9.87. The molecule has 1 atom stereocenters. The molecule has 1 aliphatic carbocycles. The van der Waals surface area contributed by atoms with Crippen molar-refractivity contribution in [2.45, 2.75) is 32.6 Å². The van der Waals surface area contributed by atoms with Gasteiger partial charge in [-0.1, -0.05) is 13.3 Å². The number of fused-ring (bicyclic) bond motifs is 1. The summed E-state index contributed by atoms with van der Waals surface area (Å²) < 4.78 is 0. The minimum atomic E-state index is 0.913. The molecule has 1 nitrogen and oxygen atoms in total. The Kier molecular flexibility index (Phi) is 2.09. The largest absolute Gasteiger partial charge is 0.398 e. The highest BCUT2D eigenvalue weighted by atomic mass is 32.1. The van der Waals surface area contributed by atoms with Gasteiger partial charge in [-0.15, -0.1) is 11.3 Å². The zero-order valence-electron chi connectivity index (χ0n) is 7.47. The molecule has 1 aliphatic rings. The van der Waals surface area contributed by atoms with Crippen molar-refractivity contribution in [2.24, 2.45) is 5.92 Å². The Bertz CT molecular complexity index is 277. The molecule has 2 rings (SSSR count). The summed E-state index contributed by atoms with van der Waals surface area (Å²) in [5, 5.41) is 2.10. The maximum Gasteiger partial charge on any atom is 0.0458 e. The third-order valence-electron chi connectivity index (χ3n) is 2.87. The quantitative estimate of drug-likeness (QED) is 0.708. The number of nitrogen functional groups attached to an aromatic ring is 1. The van der Waals surface area contributed by atoms with Gasteiger partial charge in [-0.05, 0) is 30.7 Å². The molecular weight excluding hydrogens is 166 g/mol. The zero-order chi connectivity index (χ0) is 8.55. The molecule has 12 heavy (non-hydrogen) atoms. The number of hydrogen-bond donors (Lipinski definition) is 1. The van der Waals surface area contributed by atoms with Crippen molar-refractivity contribution >= 4 is 17.0 Å². The zero-order valence-corrected chi connectivity index (χ0v) is 8.29. The minimum absolute atomic E-state index is 0.913. The lowest BCUT2D eigenvalue weighted by molar-refractivity contribution is 0.450. The highest BCUT2D eigenvalue weighted by Crippen LogP contribution is 2.35. The number of anilines is 1. The summed E-state index contributed by atoms with van der Waals surface area (Å²) in [6, 6.07) is 0. The smallest absolute Gasteiger partial charge is 0.0458 e. The van der Waals surface area contributed by atoms with Gasteiger partial charge in [0.05, 0.1) is 0 Å². The second kappa shape index (κ2) is 3.09. The first-order chi connectivity index (χ1) is 5.81. The SMILES string of the molecule is CCC1CCc2c(N)csc2C1. The summed E-state index contributed by atoms with van der Waals surface area (Å²) in [5.74, 6) is 0.913. The van der Waals surface area contributed by atoms with E-state index in [0.29, 0.717) is 0 Å².